The predicted molar refractivity (Wildman–Crippen MR) is 114 cm³/mol. The normalized spacial score (nSPS) is 11.6. The minimum Gasteiger partial charge on any atom is -0.876 e. The van der Waals surface area contributed by atoms with E-state index in [9.17, 15) is 10.2 Å². The number of nitrogens with zero attached hydrogens (tertiary/aromatic N) is 4. The molecule has 0 heterocycles. The van der Waals surface area contributed by atoms with Crippen molar-refractivity contribution in [2.45, 2.75) is 55.4 Å². The third kappa shape index (κ3) is 58.7. The van der Waals surface area contributed by atoms with Crippen molar-refractivity contribution in [2.24, 2.45) is 9.98 Å². The first-order chi connectivity index (χ1) is 12.2. The van der Waals surface area contributed by atoms with Gasteiger partial charge in [0, 0.05) is 25.5 Å². The van der Waals surface area contributed by atoms with Gasteiger partial charge in [-0.2, -0.15) is 26.2 Å². The molecule has 0 aliphatic heterocycles. The maximum absolute atomic E-state index is 10.3. The van der Waals surface area contributed by atoms with Crippen molar-refractivity contribution < 1.29 is 36.4 Å². The molecule has 0 aromatic rings. The molecule has 27 heavy (non-hydrogen) atoms. The molecule has 0 amide bonds. The molecule has 0 atom stereocenters. The zero-order chi connectivity index (χ0) is 21.4. The van der Waals surface area contributed by atoms with Crippen LogP contribution in [0.15, 0.2) is 33.7 Å². The number of allylic oxidation sites excluding steroid dienone is 4. The van der Waals surface area contributed by atoms with E-state index in [2.05, 4.69) is 20.6 Å². The van der Waals surface area contributed by atoms with E-state index < -0.39 is 0 Å². The van der Waals surface area contributed by atoms with Crippen LogP contribution in [0.4, 0.5) is 0 Å². The molecule has 156 valence electrons. The molecule has 7 heteroatoms. The van der Waals surface area contributed by atoms with Crippen LogP contribution in [-0.2, 0) is 26.2 Å². The van der Waals surface area contributed by atoms with Gasteiger partial charge in [0.25, 0.3) is 0 Å². The maximum Gasteiger partial charge on any atom is 4.00 e. The van der Waals surface area contributed by atoms with Gasteiger partial charge in [-0.3, -0.25) is 9.98 Å². The predicted octanol–water partition coefficient (Wildman–Crippen LogP) is 3.48. The zero-order valence-electron chi connectivity index (χ0n) is 19.1. The number of rotatable bonds is 6. The van der Waals surface area contributed by atoms with E-state index in [1.165, 1.54) is 26.0 Å². The molecule has 0 aromatic heterocycles. The molecule has 0 aliphatic rings. The van der Waals surface area contributed by atoms with Crippen molar-refractivity contribution in [3.8, 4) is 0 Å². The van der Waals surface area contributed by atoms with Crippen LogP contribution in [0.3, 0.4) is 0 Å². The number of aliphatic imine (C=N–C) groups is 2. The van der Waals surface area contributed by atoms with Gasteiger partial charge in [0.1, 0.15) is 0 Å². The number of hydrogen-bond acceptors (Lipinski definition) is 4. The van der Waals surface area contributed by atoms with Gasteiger partial charge in [0.2, 0.25) is 0 Å². The maximum atomic E-state index is 10.3. The summed E-state index contributed by atoms with van der Waals surface area (Å²) in [5.74, 6) is 0.0983. The van der Waals surface area contributed by atoms with Crippen LogP contribution in [-0.4, -0.2) is 51.7 Å². The van der Waals surface area contributed by atoms with E-state index in [1.54, 1.807) is 27.9 Å². The molecule has 0 N–H and O–H groups in total. The summed E-state index contributed by atoms with van der Waals surface area (Å²) in [7, 11) is 3.32. The van der Waals surface area contributed by atoms with Gasteiger partial charge in [0.05, 0.1) is 0 Å². The smallest absolute Gasteiger partial charge is 0.876 e. The molecule has 0 fully saturated rings. The second kappa shape index (κ2) is 32.9. The van der Waals surface area contributed by atoms with Crippen LogP contribution in [0.5, 0.6) is 0 Å². The Morgan fingerprint density at radius 1 is 0.667 bits per heavy atom. The Bertz CT molecular complexity index is 357. The van der Waals surface area contributed by atoms with Gasteiger partial charge in [-0.25, -0.2) is 0 Å². The summed E-state index contributed by atoms with van der Waals surface area (Å²) in [6.45, 7) is 18.7. The molecular formula is C20H40N4O2Zr. The van der Waals surface area contributed by atoms with Crippen molar-refractivity contribution in [3.63, 3.8) is 0 Å². The molecule has 6 nitrogen and oxygen atoms in total. The molecule has 0 saturated heterocycles. The fourth-order valence-corrected chi connectivity index (χ4v) is 1.16. The van der Waals surface area contributed by atoms with Crippen molar-refractivity contribution >= 4 is 11.4 Å². The van der Waals surface area contributed by atoms with Crippen LogP contribution in [0, 0.1) is 0 Å². The summed E-state index contributed by atoms with van der Waals surface area (Å²) in [6, 6.07) is 0. The van der Waals surface area contributed by atoms with E-state index in [0.29, 0.717) is 0 Å². The molecule has 0 saturated carbocycles. The van der Waals surface area contributed by atoms with Gasteiger partial charge in [-0.05, 0) is 13.8 Å². The van der Waals surface area contributed by atoms with E-state index in [0.717, 1.165) is 37.6 Å². The van der Waals surface area contributed by atoms with E-state index in [-0.39, 0.29) is 37.7 Å². The standard InChI is InChI=1S/2C6H11NO.2C4H10N.Zr/c2*1-5(7-3)4-6(2)8;2*1-3-5-4-2;/h2*4,8H,1-3H3;2*3-4H2,1-2H3;/q;;2*-1;+4/p-2/b2*6-4-,7-5?;;;. The van der Waals surface area contributed by atoms with Crippen molar-refractivity contribution in [1.82, 2.24) is 0 Å². The molecule has 0 rings (SSSR count). The minimum absolute atomic E-state index is 0. The Hall–Kier alpha value is -0.777. The molecular weight excluding hydrogens is 419 g/mol. The first-order valence-electron chi connectivity index (χ1n) is 9.00. The SMILES string of the molecule is CC[N-]CC.CC[N-]CC.CN=C(C)/C=C(/C)[O-].CN=C(C)/C=C(/C)[O-].[Zr+4]. The Balaban J connectivity index is -0.0000000807. The van der Waals surface area contributed by atoms with Gasteiger partial charge in [-0.1, -0.05) is 53.7 Å². The van der Waals surface area contributed by atoms with Gasteiger partial charge in [-0.15, -0.1) is 11.5 Å². The van der Waals surface area contributed by atoms with Crippen LogP contribution >= 0.6 is 0 Å². The molecule has 0 unspecified atom stereocenters. The minimum atomic E-state index is 0. The first-order valence-corrected chi connectivity index (χ1v) is 9.00. The Morgan fingerprint density at radius 2 is 0.889 bits per heavy atom. The number of hydrogen-bond donors (Lipinski definition) is 0. The van der Waals surface area contributed by atoms with Crippen molar-refractivity contribution in [1.29, 1.82) is 0 Å². The average molecular weight is 460 g/mol. The Kier molecular flexibility index (Phi) is 45.1. The van der Waals surface area contributed by atoms with Crippen molar-refractivity contribution in [3.05, 3.63) is 34.3 Å². The van der Waals surface area contributed by atoms with Gasteiger partial charge < -0.3 is 20.8 Å². The fourth-order valence-electron chi connectivity index (χ4n) is 1.16. The Labute approximate surface area is 187 Å². The van der Waals surface area contributed by atoms with Gasteiger partial charge in [0.15, 0.2) is 0 Å². The molecule has 0 spiro atoms. The summed E-state index contributed by atoms with van der Waals surface area (Å²) in [5, 5.41) is 28.5. The Morgan fingerprint density at radius 3 is 0.926 bits per heavy atom. The second-order valence-electron chi connectivity index (χ2n) is 4.95. The third-order valence-corrected chi connectivity index (χ3v) is 2.42. The zero-order valence-corrected chi connectivity index (χ0v) is 21.5. The second-order valence-corrected chi connectivity index (χ2v) is 4.95. The van der Waals surface area contributed by atoms with E-state index in [1.807, 2.05) is 27.7 Å². The third-order valence-electron chi connectivity index (χ3n) is 2.42. The van der Waals surface area contributed by atoms with Crippen LogP contribution in [0.2, 0.25) is 0 Å². The summed E-state index contributed by atoms with van der Waals surface area (Å²) in [6.07, 6.45) is 3.00. The largest absolute Gasteiger partial charge is 4.00 e. The average Bonchev–Trinajstić information content (AvgIpc) is 2.56. The topological polar surface area (TPSA) is 99.0 Å². The summed E-state index contributed by atoms with van der Waals surface area (Å²) < 4.78 is 0. The molecule has 0 aliphatic carbocycles. The van der Waals surface area contributed by atoms with Gasteiger partial charge >= 0.3 is 26.2 Å². The van der Waals surface area contributed by atoms with Crippen LogP contribution in [0.1, 0.15) is 55.4 Å². The summed E-state index contributed by atoms with van der Waals surface area (Å²) in [5.41, 5.74) is 1.55. The van der Waals surface area contributed by atoms with Crippen molar-refractivity contribution in [2.75, 3.05) is 40.3 Å². The quantitative estimate of drug-likeness (QED) is 0.448. The summed E-state index contributed by atoms with van der Waals surface area (Å²) >= 11 is 0. The fraction of sp³-hybridized carbons (Fsp3) is 0.700. The monoisotopic (exact) mass is 458 g/mol. The summed E-state index contributed by atoms with van der Waals surface area (Å²) in [4.78, 5) is 7.54. The van der Waals surface area contributed by atoms with Crippen LogP contribution in [0.25, 0.3) is 10.6 Å². The molecule has 0 aromatic carbocycles. The molecule has 0 bridgehead atoms. The van der Waals surface area contributed by atoms with E-state index in [4.69, 9.17) is 0 Å². The first kappa shape index (κ1) is 37.0. The molecule has 0 radical (unpaired) electrons. The van der Waals surface area contributed by atoms with E-state index >= 15 is 0 Å². The van der Waals surface area contributed by atoms with Crippen LogP contribution < -0.4 is 10.2 Å².